The van der Waals surface area contributed by atoms with Crippen LogP contribution in [-0.4, -0.2) is 37.9 Å². The van der Waals surface area contributed by atoms with Gasteiger partial charge in [-0.25, -0.2) is 8.42 Å². The molecule has 0 heterocycles. The van der Waals surface area contributed by atoms with Crippen LogP contribution in [0.1, 0.15) is 23.6 Å². The van der Waals surface area contributed by atoms with Crippen molar-refractivity contribution in [1.82, 2.24) is 0 Å². The Morgan fingerprint density at radius 3 is 2.14 bits per heavy atom. The largest absolute Gasteiger partial charge is 1.00 e. The van der Waals surface area contributed by atoms with Gasteiger partial charge < -0.3 is 21.0 Å². The molecule has 0 atom stereocenters. The molecule has 0 saturated carbocycles. The summed E-state index contributed by atoms with van der Waals surface area (Å²) in [5.41, 5.74) is 10.7. The van der Waals surface area contributed by atoms with Gasteiger partial charge in [-0.15, -0.1) is 24.3 Å². The van der Waals surface area contributed by atoms with Crippen LogP contribution in [0.3, 0.4) is 0 Å². The molecule has 0 spiro atoms. The Morgan fingerprint density at radius 1 is 1.09 bits per heavy atom. The van der Waals surface area contributed by atoms with E-state index in [1.165, 1.54) is 12.1 Å². The van der Waals surface area contributed by atoms with Crippen LogP contribution in [0.25, 0.3) is 5.57 Å². The average molecular weight is 534 g/mol. The van der Waals surface area contributed by atoms with Crippen LogP contribution in [0.15, 0.2) is 65.1 Å². The maximum atomic E-state index is 11.6. The van der Waals surface area contributed by atoms with Crippen molar-refractivity contribution in [2.75, 3.05) is 17.6 Å². The SMILES string of the molecule is CCNc1ccc(C(=C2C=[C-]C(=N)C=C2)c2ccc(N)c(S(=O)(=O)[O-])c2)cc1C.O=S(=O)=O.[Na+].[Na+]. The number of aryl methyl sites for hydroxylation is 1. The summed E-state index contributed by atoms with van der Waals surface area (Å²) < 4.78 is 60.2. The normalized spacial score (nSPS) is 13.5. The second-order valence-electron chi connectivity index (χ2n) is 6.84. The van der Waals surface area contributed by atoms with Crippen LogP contribution < -0.4 is 70.2 Å². The summed E-state index contributed by atoms with van der Waals surface area (Å²) in [6.07, 6.45) is 7.90. The first-order valence-electron chi connectivity index (χ1n) is 9.52. The van der Waals surface area contributed by atoms with E-state index in [1.54, 1.807) is 24.3 Å². The molecule has 174 valence electrons. The van der Waals surface area contributed by atoms with Gasteiger partial charge >= 0.3 is 69.7 Å². The predicted molar refractivity (Wildman–Crippen MR) is 125 cm³/mol. The first-order chi connectivity index (χ1) is 15.4. The number of hydrogen-bond acceptors (Lipinski definition) is 9. The maximum absolute atomic E-state index is 11.6. The van der Waals surface area contributed by atoms with Gasteiger partial charge in [-0.05, 0) is 48.7 Å². The van der Waals surface area contributed by atoms with Crippen LogP contribution >= 0.6 is 0 Å². The van der Waals surface area contributed by atoms with Crippen LogP contribution in [0.2, 0.25) is 0 Å². The molecule has 13 heteroatoms. The number of nitrogens with two attached hydrogens (primary N) is 1. The summed E-state index contributed by atoms with van der Waals surface area (Å²) in [5, 5.41) is 11.0. The van der Waals surface area contributed by atoms with Crippen molar-refractivity contribution in [3.05, 3.63) is 83.0 Å². The number of anilines is 2. The number of hydrogen-bond donors (Lipinski definition) is 3. The van der Waals surface area contributed by atoms with Gasteiger partial charge in [0.2, 0.25) is 0 Å². The molecule has 0 aliphatic heterocycles. The van der Waals surface area contributed by atoms with E-state index in [0.29, 0.717) is 5.56 Å². The monoisotopic (exact) mass is 533 g/mol. The molecule has 0 bridgehead atoms. The van der Waals surface area contributed by atoms with Gasteiger partial charge in [-0.1, -0.05) is 29.5 Å². The van der Waals surface area contributed by atoms with Crippen LogP contribution in [0.4, 0.5) is 11.4 Å². The molecular formula is C22H21N3Na2O6S2. The summed E-state index contributed by atoms with van der Waals surface area (Å²) in [7, 11) is -7.83. The molecule has 0 fully saturated rings. The average Bonchev–Trinajstić information content (AvgIpc) is 2.71. The van der Waals surface area contributed by atoms with Gasteiger partial charge in [-0.3, -0.25) is 0 Å². The molecule has 35 heavy (non-hydrogen) atoms. The molecule has 4 N–H and O–H groups in total. The molecule has 3 rings (SSSR count). The number of nitrogen functional groups attached to an aromatic ring is 1. The summed E-state index contributed by atoms with van der Waals surface area (Å²) >= 11 is 0. The van der Waals surface area contributed by atoms with Crippen molar-refractivity contribution in [3.8, 4) is 0 Å². The summed E-state index contributed by atoms with van der Waals surface area (Å²) in [6, 6.07) is 10.3. The maximum Gasteiger partial charge on any atom is 1.00 e. The van der Waals surface area contributed by atoms with Gasteiger partial charge in [0.15, 0.2) is 0 Å². The number of rotatable bonds is 5. The number of allylic oxidation sites excluding steroid dienone is 5. The second kappa shape index (κ2) is 14.9. The quantitative estimate of drug-likeness (QED) is 0.155. The zero-order valence-electron chi connectivity index (χ0n) is 19.7. The van der Waals surface area contributed by atoms with E-state index in [4.69, 9.17) is 23.8 Å². The van der Waals surface area contributed by atoms with Crippen molar-refractivity contribution in [3.63, 3.8) is 0 Å². The van der Waals surface area contributed by atoms with Gasteiger partial charge in [0.1, 0.15) is 10.1 Å². The number of benzene rings is 2. The molecule has 1 aliphatic rings. The Morgan fingerprint density at radius 2 is 1.66 bits per heavy atom. The Balaban J connectivity index is 0.00000179. The van der Waals surface area contributed by atoms with Crippen molar-refractivity contribution >= 4 is 43.4 Å². The fraction of sp³-hybridized carbons (Fsp3) is 0.136. The first-order valence-corrected chi connectivity index (χ1v) is 11.9. The van der Waals surface area contributed by atoms with Crippen molar-refractivity contribution < 1.29 is 84.7 Å². The standard InChI is InChI=1S/C22H22N3O3S.2Na.O3S/c1-3-25-20-11-7-16(12-14(20)2)22(15-4-8-18(23)9-5-15)17-6-10-19(24)21(13-17)29(26,27)28;;;1-4(2)3/h4-8,10-13,23,25H,3,24H2,1-2H3,(H,26,27,28);;;/q-1;2*+1;/p-1. The minimum atomic E-state index is -4.72. The van der Waals surface area contributed by atoms with Crippen LogP contribution in [0, 0.1) is 18.4 Å². The van der Waals surface area contributed by atoms with E-state index in [1.807, 2.05) is 32.0 Å². The summed E-state index contributed by atoms with van der Waals surface area (Å²) in [4.78, 5) is -0.449. The molecule has 0 saturated heterocycles. The van der Waals surface area contributed by atoms with E-state index in [-0.39, 0.29) is 70.5 Å². The van der Waals surface area contributed by atoms with Gasteiger partial charge in [0.05, 0.1) is 4.90 Å². The van der Waals surface area contributed by atoms with Crippen LogP contribution in [-0.2, 0) is 20.7 Å². The second-order valence-corrected chi connectivity index (χ2v) is 8.59. The predicted octanol–water partition coefficient (Wildman–Crippen LogP) is -3.33. The summed E-state index contributed by atoms with van der Waals surface area (Å²) in [6.45, 7) is 4.79. The minimum absolute atomic E-state index is 0. The topological polar surface area (TPSA) is 170 Å². The van der Waals surface area contributed by atoms with E-state index < -0.39 is 25.6 Å². The molecule has 0 unspecified atom stereocenters. The molecule has 0 aromatic heterocycles. The van der Waals surface area contributed by atoms with E-state index >= 15 is 0 Å². The fourth-order valence-corrected chi connectivity index (χ4v) is 3.82. The van der Waals surface area contributed by atoms with Crippen molar-refractivity contribution in [2.24, 2.45) is 0 Å². The zero-order valence-corrected chi connectivity index (χ0v) is 25.4. The molecule has 9 nitrogen and oxygen atoms in total. The van der Waals surface area contributed by atoms with Crippen molar-refractivity contribution in [1.29, 1.82) is 5.41 Å². The van der Waals surface area contributed by atoms with Crippen LogP contribution in [0.5, 0.6) is 0 Å². The minimum Gasteiger partial charge on any atom is -0.744 e. The third-order valence-corrected chi connectivity index (χ3v) is 5.45. The third kappa shape index (κ3) is 9.79. The molecular weight excluding hydrogens is 512 g/mol. The Hall–Kier alpha value is -1.54. The summed E-state index contributed by atoms with van der Waals surface area (Å²) in [5.74, 6) is 0. The molecule has 0 amide bonds. The third-order valence-electron chi connectivity index (χ3n) is 4.56. The first kappa shape index (κ1) is 33.5. The van der Waals surface area contributed by atoms with E-state index in [0.717, 1.165) is 34.5 Å². The molecule has 2 aromatic rings. The molecule has 0 radical (unpaired) electrons. The Labute approximate surface area is 250 Å². The van der Waals surface area contributed by atoms with Crippen molar-refractivity contribution in [2.45, 2.75) is 18.7 Å². The van der Waals surface area contributed by atoms with Gasteiger partial charge in [-0.2, -0.15) is 18.2 Å². The van der Waals surface area contributed by atoms with Gasteiger partial charge in [0.25, 0.3) is 0 Å². The van der Waals surface area contributed by atoms with Gasteiger partial charge in [0, 0.05) is 17.9 Å². The molecule has 2 aromatic carbocycles. The molecule has 1 aliphatic carbocycles. The number of nitrogens with one attached hydrogen (secondary N) is 2. The van der Waals surface area contributed by atoms with E-state index in [2.05, 4.69) is 11.4 Å². The van der Waals surface area contributed by atoms with E-state index in [9.17, 15) is 13.0 Å². The fourth-order valence-electron chi connectivity index (χ4n) is 3.19. The zero-order chi connectivity index (χ0) is 24.8. The smallest absolute Gasteiger partial charge is 0.744 e. The Bertz CT molecular complexity index is 1380. The Kier molecular flexibility index (Phi) is 14.2.